The third-order valence-corrected chi connectivity index (χ3v) is 12.9. The first-order valence-corrected chi connectivity index (χ1v) is 15.2. The number of nitrogens with zero attached hydrogens (tertiary/aromatic N) is 7. The second-order valence-electron chi connectivity index (χ2n) is 10.0. The van der Waals surface area contributed by atoms with Gasteiger partial charge in [-0.05, 0) is 25.1 Å². The molecule has 7 nitrogen and oxygen atoms in total. The molecule has 1 aromatic heterocycles. The van der Waals surface area contributed by atoms with Gasteiger partial charge in [0, 0.05) is 61.6 Å². The number of likely N-dealkylation sites (N-methyl/N-ethyl adjacent to an activating group) is 2. The predicted octanol–water partition coefficient (Wildman–Crippen LogP) is 4.12. The second kappa shape index (κ2) is 8.97. The van der Waals surface area contributed by atoms with E-state index in [9.17, 15) is 5.26 Å². The summed E-state index contributed by atoms with van der Waals surface area (Å²) in [5, 5.41) is 16.3. The van der Waals surface area contributed by atoms with E-state index in [1.54, 1.807) is 0 Å². The van der Waals surface area contributed by atoms with E-state index < -0.39 is 6.19 Å². The van der Waals surface area contributed by atoms with E-state index in [0.717, 1.165) is 49.5 Å². The van der Waals surface area contributed by atoms with Gasteiger partial charge in [0.2, 0.25) is 0 Å². The number of hydrogen-bond donors (Lipinski definition) is 0. The standard InChI is InChI=1S/C26H34N7PS/c1-6-31-14-16-32(17-15-31)34(35)22(18-28-25-23(34)19(2)29-33(25)13-9-12-27)24-26(3,4)20-10-7-8-11-21(20)30(24)5/h7-8,10-11,18H,6,9,13-17H2,1-5H3/b24-22+. The maximum absolute atomic E-state index is 9.18. The Labute approximate surface area is 213 Å². The molecule has 1 fully saturated rings. The van der Waals surface area contributed by atoms with Gasteiger partial charge in [-0.2, -0.15) is 10.4 Å². The van der Waals surface area contributed by atoms with Crippen LogP contribution in [0.25, 0.3) is 0 Å². The predicted molar refractivity (Wildman–Crippen MR) is 148 cm³/mol. The van der Waals surface area contributed by atoms with Crippen LogP contribution in [0.4, 0.5) is 11.5 Å². The zero-order chi connectivity index (χ0) is 25.0. The quantitative estimate of drug-likeness (QED) is 0.581. The highest BCUT2D eigenvalue weighted by Crippen LogP contribution is 2.64. The van der Waals surface area contributed by atoms with Crippen molar-refractivity contribution in [3.8, 4) is 6.07 Å². The third kappa shape index (κ3) is 3.64. The molecule has 1 aromatic carbocycles. The smallest absolute Gasteiger partial charge is 0.160 e. The lowest BCUT2D eigenvalue weighted by Gasteiger charge is -2.44. The number of benzene rings is 1. The Balaban J connectivity index is 1.74. The number of nitriles is 1. The molecule has 1 atom stereocenters. The highest BCUT2D eigenvalue weighted by molar-refractivity contribution is 8.19. The van der Waals surface area contributed by atoms with Crippen molar-refractivity contribution in [2.24, 2.45) is 4.99 Å². The lowest BCUT2D eigenvalue weighted by Crippen LogP contribution is -2.46. The van der Waals surface area contributed by atoms with Gasteiger partial charge in [0.1, 0.15) is 0 Å². The summed E-state index contributed by atoms with van der Waals surface area (Å²) in [4.78, 5) is 9.81. The molecule has 0 saturated carbocycles. The Morgan fingerprint density at radius 1 is 1.17 bits per heavy atom. The van der Waals surface area contributed by atoms with E-state index >= 15 is 0 Å². The first-order valence-electron chi connectivity index (χ1n) is 12.4. The van der Waals surface area contributed by atoms with Gasteiger partial charge in [0.05, 0.1) is 36.2 Å². The molecule has 1 saturated heterocycles. The maximum Gasteiger partial charge on any atom is 0.160 e. The van der Waals surface area contributed by atoms with Gasteiger partial charge in [-0.1, -0.05) is 50.8 Å². The number of aliphatic imine (C=N–C) groups is 1. The number of para-hydroxylation sites is 1. The Bertz CT molecular complexity index is 1310. The molecule has 35 heavy (non-hydrogen) atoms. The van der Waals surface area contributed by atoms with Gasteiger partial charge < -0.3 is 9.80 Å². The minimum atomic E-state index is -2.41. The molecule has 0 spiro atoms. The number of fused-ring (bicyclic) bond motifs is 2. The van der Waals surface area contributed by atoms with Crippen LogP contribution in [-0.4, -0.2) is 65.3 Å². The molecular formula is C26H34N7PS. The maximum atomic E-state index is 9.18. The summed E-state index contributed by atoms with van der Waals surface area (Å²) in [5.74, 6) is 0.847. The number of allylic oxidation sites excluding steroid dienone is 2. The summed E-state index contributed by atoms with van der Waals surface area (Å²) in [5.41, 5.74) is 4.56. The molecule has 0 aliphatic carbocycles. The number of hydrogen-bond acceptors (Lipinski definition) is 6. The van der Waals surface area contributed by atoms with Crippen LogP contribution in [-0.2, 0) is 23.8 Å². The van der Waals surface area contributed by atoms with Crippen molar-refractivity contribution in [1.29, 1.82) is 5.26 Å². The largest absolute Gasteiger partial charge is 0.346 e. The molecule has 3 aliphatic rings. The molecule has 0 amide bonds. The van der Waals surface area contributed by atoms with Gasteiger partial charge in [-0.25, -0.2) is 9.67 Å². The summed E-state index contributed by atoms with van der Waals surface area (Å²) in [6.45, 7) is 14.4. The fraction of sp³-hybridized carbons (Fsp3) is 0.500. The fourth-order valence-corrected chi connectivity index (χ4v) is 10.9. The molecule has 1 unspecified atom stereocenters. The van der Waals surface area contributed by atoms with Crippen molar-refractivity contribution in [3.63, 3.8) is 0 Å². The van der Waals surface area contributed by atoms with Crippen molar-refractivity contribution < 1.29 is 0 Å². The molecule has 0 N–H and O–H groups in total. The number of anilines is 1. The molecule has 9 heteroatoms. The van der Waals surface area contributed by atoms with Crippen molar-refractivity contribution in [1.82, 2.24) is 19.4 Å². The lowest BCUT2D eigenvalue weighted by atomic mass is 9.84. The monoisotopic (exact) mass is 507 g/mol. The molecule has 4 heterocycles. The van der Waals surface area contributed by atoms with Crippen LogP contribution < -0.4 is 10.2 Å². The van der Waals surface area contributed by atoms with Crippen molar-refractivity contribution in [2.45, 2.75) is 46.1 Å². The van der Waals surface area contributed by atoms with Crippen LogP contribution in [0.5, 0.6) is 0 Å². The highest BCUT2D eigenvalue weighted by Gasteiger charge is 2.47. The first kappa shape index (κ1) is 24.4. The van der Waals surface area contributed by atoms with Crippen molar-refractivity contribution in [3.05, 3.63) is 46.5 Å². The number of rotatable bonds is 4. The van der Waals surface area contributed by atoms with E-state index in [-0.39, 0.29) is 5.41 Å². The van der Waals surface area contributed by atoms with E-state index in [1.165, 1.54) is 22.3 Å². The van der Waals surface area contributed by atoms with Crippen LogP contribution in [0.3, 0.4) is 0 Å². The summed E-state index contributed by atoms with van der Waals surface area (Å²) >= 11 is 6.87. The van der Waals surface area contributed by atoms with Gasteiger partial charge in [0.15, 0.2) is 5.82 Å². The van der Waals surface area contributed by atoms with Crippen LogP contribution in [0.2, 0.25) is 0 Å². The summed E-state index contributed by atoms with van der Waals surface area (Å²) in [6, 6.07) is 10.9. The third-order valence-electron chi connectivity index (χ3n) is 7.75. The van der Waals surface area contributed by atoms with Crippen molar-refractivity contribution >= 4 is 41.0 Å². The summed E-state index contributed by atoms with van der Waals surface area (Å²) in [7, 11) is 2.16. The second-order valence-corrected chi connectivity index (χ2v) is 14.3. The van der Waals surface area contributed by atoms with E-state index in [1.807, 2.05) is 10.9 Å². The molecule has 0 bridgehead atoms. The Kier molecular flexibility index (Phi) is 6.26. The van der Waals surface area contributed by atoms with Crippen LogP contribution in [0, 0.1) is 18.3 Å². The zero-order valence-electron chi connectivity index (χ0n) is 21.3. The minimum absolute atomic E-state index is 0.190. The topological polar surface area (TPSA) is 63.7 Å². The van der Waals surface area contributed by atoms with Gasteiger partial charge >= 0.3 is 0 Å². The normalized spacial score (nSPS) is 26.0. The van der Waals surface area contributed by atoms with Crippen LogP contribution >= 0.6 is 6.19 Å². The van der Waals surface area contributed by atoms with E-state index in [2.05, 4.69) is 79.5 Å². The number of aryl methyl sites for hydroxylation is 2. The molecule has 5 rings (SSSR count). The minimum Gasteiger partial charge on any atom is -0.346 e. The Morgan fingerprint density at radius 2 is 1.89 bits per heavy atom. The molecule has 3 aliphatic heterocycles. The molecule has 0 radical (unpaired) electrons. The SMILES string of the molecule is CCN1CCN(P2(=S)/C(=C3/N(C)c4ccccc4C3(C)C)C=Nc3c2c(C)nn3CCC#N)CC1. The van der Waals surface area contributed by atoms with Gasteiger partial charge in [-0.15, -0.1) is 0 Å². The lowest BCUT2D eigenvalue weighted by molar-refractivity contribution is 0.202. The first-order chi connectivity index (χ1) is 16.7. The Hall–Kier alpha value is -2.30. The zero-order valence-corrected chi connectivity index (χ0v) is 23.0. The molecule has 2 aromatic rings. The van der Waals surface area contributed by atoms with E-state index in [0.29, 0.717) is 13.0 Å². The van der Waals surface area contributed by atoms with Gasteiger partial charge in [0.25, 0.3) is 0 Å². The van der Waals surface area contributed by atoms with Gasteiger partial charge in [-0.3, -0.25) is 4.67 Å². The molecular weight excluding hydrogens is 473 g/mol. The Morgan fingerprint density at radius 3 is 2.54 bits per heavy atom. The number of aromatic nitrogens is 2. The average Bonchev–Trinajstić information content (AvgIpc) is 3.29. The number of piperazine rings is 1. The summed E-state index contributed by atoms with van der Waals surface area (Å²) < 4.78 is 4.46. The summed E-state index contributed by atoms with van der Waals surface area (Å²) in [6.07, 6.45) is 0.0360. The molecule has 184 valence electrons. The van der Waals surface area contributed by atoms with Crippen molar-refractivity contribution in [2.75, 3.05) is 44.7 Å². The van der Waals surface area contributed by atoms with Crippen LogP contribution in [0.15, 0.2) is 40.3 Å². The fourth-order valence-electron chi connectivity index (χ4n) is 5.96. The highest BCUT2D eigenvalue weighted by atomic mass is 32.4. The average molecular weight is 508 g/mol. The van der Waals surface area contributed by atoms with Crippen LogP contribution in [0.1, 0.15) is 38.4 Å². The van der Waals surface area contributed by atoms with E-state index in [4.69, 9.17) is 21.9 Å².